The van der Waals surface area contributed by atoms with Gasteiger partial charge in [-0.3, -0.25) is 9.59 Å². The lowest BCUT2D eigenvalue weighted by atomic mass is 9.86. The first-order chi connectivity index (χ1) is 16.0. The van der Waals surface area contributed by atoms with Gasteiger partial charge in [0, 0.05) is 23.1 Å². The number of amides is 1. The van der Waals surface area contributed by atoms with Crippen molar-refractivity contribution in [1.29, 1.82) is 0 Å². The van der Waals surface area contributed by atoms with Gasteiger partial charge in [-0.25, -0.2) is 4.98 Å². The molecule has 9 heteroatoms. The van der Waals surface area contributed by atoms with E-state index in [-0.39, 0.29) is 23.7 Å². The maximum Gasteiger partial charge on any atom is 0.257 e. The summed E-state index contributed by atoms with van der Waals surface area (Å²) in [6.45, 7) is 4.77. The van der Waals surface area contributed by atoms with Crippen LogP contribution in [0.3, 0.4) is 0 Å². The molecule has 1 aromatic heterocycles. The van der Waals surface area contributed by atoms with Crippen LogP contribution in [-0.2, 0) is 10.5 Å². The van der Waals surface area contributed by atoms with Crippen LogP contribution in [0.1, 0.15) is 42.9 Å². The molecule has 0 unspecified atom stereocenters. The second kappa shape index (κ2) is 10.3. The molecule has 4 rings (SSSR count). The number of fused-ring (bicyclic) bond motifs is 1. The Labute approximate surface area is 200 Å². The van der Waals surface area contributed by atoms with Crippen LogP contribution in [0.15, 0.2) is 52.4 Å². The van der Waals surface area contributed by atoms with Gasteiger partial charge in [0.2, 0.25) is 5.91 Å². The number of nitrogens with zero attached hydrogens (tertiary/aromatic N) is 1. The van der Waals surface area contributed by atoms with Crippen LogP contribution in [0.25, 0.3) is 0 Å². The minimum Gasteiger partial charge on any atom is -0.490 e. The predicted molar refractivity (Wildman–Crippen MR) is 130 cm³/mol. The summed E-state index contributed by atoms with van der Waals surface area (Å²) in [5.74, 6) is 1.40. The summed E-state index contributed by atoms with van der Waals surface area (Å²) in [7, 11) is 0. The molecule has 3 aromatic rings. The SMILES string of the molecule is CCOc1ccc([C@@H]2CC(=O)Nc3nc(SCc4ccccc4Cl)[nH]c(=O)c32)cc1OCC. The fourth-order valence-electron chi connectivity index (χ4n) is 3.75. The van der Waals surface area contributed by atoms with Crippen LogP contribution in [-0.4, -0.2) is 29.1 Å². The van der Waals surface area contributed by atoms with E-state index in [1.54, 1.807) is 0 Å². The highest BCUT2D eigenvalue weighted by atomic mass is 35.5. The third-order valence-electron chi connectivity index (χ3n) is 5.22. The number of aromatic nitrogens is 2. The lowest BCUT2D eigenvalue weighted by molar-refractivity contribution is -0.116. The van der Waals surface area contributed by atoms with E-state index in [0.717, 1.165) is 11.1 Å². The Morgan fingerprint density at radius 2 is 1.85 bits per heavy atom. The number of thioether (sulfide) groups is 1. The summed E-state index contributed by atoms with van der Waals surface area (Å²) in [4.78, 5) is 33.0. The van der Waals surface area contributed by atoms with E-state index in [9.17, 15) is 9.59 Å². The van der Waals surface area contributed by atoms with Gasteiger partial charge in [-0.2, -0.15) is 0 Å². The maximum atomic E-state index is 13.1. The van der Waals surface area contributed by atoms with Gasteiger partial charge in [0.05, 0.1) is 18.8 Å². The Morgan fingerprint density at radius 1 is 1.09 bits per heavy atom. The minimum absolute atomic E-state index is 0.142. The lowest BCUT2D eigenvalue weighted by Gasteiger charge is -2.25. The summed E-state index contributed by atoms with van der Waals surface area (Å²) < 4.78 is 11.4. The number of hydrogen-bond donors (Lipinski definition) is 2. The number of aromatic amines is 1. The van der Waals surface area contributed by atoms with E-state index in [1.807, 2.05) is 56.3 Å². The zero-order chi connectivity index (χ0) is 23.4. The van der Waals surface area contributed by atoms with Crippen molar-refractivity contribution in [2.75, 3.05) is 18.5 Å². The van der Waals surface area contributed by atoms with Gasteiger partial charge in [0.1, 0.15) is 5.82 Å². The van der Waals surface area contributed by atoms with Crippen LogP contribution in [0.2, 0.25) is 5.02 Å². The van der Waals surface area contributed by atoms with Crippen molar-refractivity contribution in [3.05, 3.63) is 74.5 Å². The molecule has 0 spiro atoms. The molecule has 172 valence electrons. The molecule has 0 saturated heterocycles. The third kappa shape index (κ3) is 5.17. The number of halogens is 1. The monoisotopic (exact) mass is 485 g/mol. The summed E-state index contributed by atoms with van der Waals surface area (Å²) >= 11 is 7.58. The Morgan fingerprint density at radius 3 is 2.61 bits per heavy atom. The first-order valence-corrected chi connectivity index (χ1v) is 12.1. The third-order valence-corrected chi connectivity index (χ3v) is 6.51. The van der Waals surface area contributed by atoms with Gasteiger partial charge in [0.15, 0.2) is 16.7 Å². The fourth-order valence-corrected chi connectivity index (χ4v) is 4.90. The molecule has 1 aliphatic rings. The largest absolute Gasteiger partial charge is 0.490 e. The van der Waals surface area contributed by atoms with E-state index < -0.39 is 5.92 Å². The van der Waals surface area contributed by atoms with Crippen molar-refractivity contribution in [2.24, 2.45) is 0 Å². The van der Waals surface area contributed by atoms with Crippen LogP contribution in [0, 0.1) is 0 Å². The second-order valence-corrected chi connectivity index (χ2v) is 8.76. The Kier molecular flexibility index (Phi) is 7.25. The Bertz CT molecular complexity index is 1230. The Balaban J connectivity index is 1.66. The first kappa shape index (κ1) is 23.2. The number of anilines is 1. The molecule has 2 N–H and O–H groups in total. The minimum atomic E-state index is -0.442. The highest BCUT2D eigenvalue weighted by molar-refractivity contribution is 7.98. The summed E-state index contributed by atoms with van der Waals surface area (Å²) in [5, 5.41) is 3.83. The van der Waals surface area contributed by atoms with Gasteiger partial charge in [0.25, 0.3) is 5.56 Å². The van der Waals surface area contributed by atoms with E-state index in [4.69, 9.17) is 21.1 Å². The van der Waals surface area contributed by atoms with Gasteiger partial charge < -0.3 is 19.8 Å². The van der Waals surface area contributed by atoms with Crippen molar-refractivity contribution in [3.63, 3.8) is 0 Å². The number of rotatable bonds is 8. The number of nitrogens with one attached hydrogen (secondary N) is 2. The molecule has 0 saturated carbocycles. The molecule has 7 nitrogen and oxygen atoms in total. The molecule has 1 amide bonds. The molecule has 2 aromatic carbocycles. The van der Waals surface area contributed by atoms with Gasteiger partial charge in [-0.1, -0.05) is 47.6 Å². The molecule has 33 heavy (non-hydrogen) atoms. The van der Waals surface area contributed by atoms with E-state index >= 15 is 0 Å². The zero-order valence-electron chi connectivity index (χ0n) is 18.3. The quantitative estimate of drug-likeness (QED) is 0.345. The van der Waals surface area contributed by atoms with Crippen molar-refractivity contribution in [3.8, 4) is 11.5 Å². The van der Waals surface area contributed by atoms with Crippen molar-refractivity contribution < 1.29 is 14.3 Å². The molecule has 1 aliphatic heterocycles. The normalized spacial score (nSPS) is 15.0. The fraction of sp³-hybridized carbons (Fsp3) is 0.292. The molecule has 0 aliphatic carbocycles. The molecule has 0 fully saturated rings. The highest BCUT2D eigenvalue weighted by Crippen LogP contribution is 2.38. The number of H-pyrrole nitrogens is 1. The smallest absolute Gasteiger partial charge is 0.257 e. The number of hydrogen-bond acceptors (Lipinski definition) is 6. The van der Waals surface area contributed by atoms with Crippen LogP contribution in [0.4, 0.5) is 5.82 Å². The first-order valence-electron chi connectivity index (χ1n) is 10.7. The van der Waals surface area contributed by atoms with Crippen molar-refractivity contribution in [1.82, 2.24) is 9.97 Å². The molecular weight excluding hydrogens is 462 g/mol. The highest BCUT2D eigenvalue weighted by Gasteiger charge is 2.31. The maximum absolute atomic E-state index is 13.1. The van der Waals surface area contributed by atoms with Crippen molar-refractivity contribution in [2.45, 2.75) is 37.1 Å². The zero-order valence-corrected chi connectivity index (χ0v) is 19.9. The molecule has 0 radical (unpaired) electrons. The Hall–Kier alpha value is -2.97. The topological polar surface area (TPSA) is 93.3 Å². The van der Waals surface area contributed by atoms with E-state index in [0.29, 0.717) is 46.2 Å². The average molecular weight is 486 g/mol. The molecular formula is C24H24ClN3O4S. The van der Waals surface area contributed by atoms with Gasteiger partial charge in [-0.05, 0) is 43.2 Å². The number of ether oxygens (including phenoxy) is 2. The number of carbonyl (C=O) groups is 1. The number of carbonyl (C=O) groups excluding carboxylic acids is 1. The number of benzene rings is 2. The summed E-state index contributed by atoms with van der Waals surface area (Å²) in [6.07, 6.45) is 0.142. The van der Waals surface area contributed by atoms with E-state index in [1.165, 1.54) is 11.8 Å². The molecule has 0 bridgehead atoms. The average Bonchev–Trinajstić information content (AvgIpc) is 2.79. The van der Waals surface area contributed by atoms with Gasteiger partial charge >= 0.3 is 0 Å². The molecule has 1 atom stereocenters. The van der Waals surface area contributed by atoms with Crippen LogP contribution >= 0.6 is 23.4 Å². The van der Waals surface area contributed by atoms with Gasteiger partial charge in [-0.15, -0.1) is 0 Å². The standard InChI is InChI=1S/C24H24ClN3O4S/c1-3-31-18-10-9-14(11-19(18)32-4-2)16-12-20(29)26-22-21(16)23(30)28-24(27-22)33-13-15-7-5-6-8-17(15)25/h5-11,16H,3-4,12-13H2,1-2H3,(H2,26,27,28,29,30)/t16-/m0/s1. The summed E-state index contributed by atoms with van der Waals surface area (Å²) in [5.41, 5.74) is 1.88. The molecule has 2 heterocycles. The van der Waals surface area contributed by atoms with Crippen LogP contribution < -0.4 is 20.3 Å². The predicted octanol–water partition coefficient (Wildman–Crippen LogP) is 4.99. The van der Waals surface area contributed by atoms with E-state index in [2.05, 4.69) is 15.3 Å². The lowest BCUT2D eigenvalue weighted by Crippen LogP contribution is -2.31. The van der Waals surface area contributed by atoms with Crippen molar-refractivity contribution >= 4 is 35.1 Å². The second-order valence-electron chi connectivity index (χ2n) is 7.39. The summed E-state index contributed by atoms with van der Waals surface area (Å²) in [6, 6.07) is 13.0. The van der Waals surface area contributed by atoms with Crippen LogP contribution in [0.5, 0.6) is 11.5 Å².